The third-order valence-electron chi connectivity index (χ3n) is 6.36. The van der Waals surface area contributed by atoms with Gasteiger partial charge in [-0.2, -0.15) is 0 Å². The fourth-order valence-corrected chi connectivity index (χ4v) is 4.39. The molecule has 0 bridgehead atoms. The maximum absolute atomic E-state index is 13.7. The number of hydrogen-bond acceptors (Lipinski definition) is 4. The maximum atomic E-state index is 13.7. The molecule has 6 heteroatoms. The van der Waals surface area contributed by atoms with Crippen LogP contribution in [0.5, 0.6) is 0 Å². The van der Waals surface area contributed by atoms with Crippen LogP contribution in [0.4, 0.5) is 15.9 Å². The molecule has 0 unspecified atom stereocenters. The van der Waals surface area contributed by atoms with E-state index in [9.17, 15) is 9.18 Å². The van der Waals surface area contributed by atoms with Crippen molar-refractivity contribution in [3.8, 4) is 0 Å². The summed E-state index contributed by atoms with van der Waals surface area (Å²) in [5.41, 5.74) is 3.07. The highest BCUT2D eigenvalue weighted by atomic mass is 19.1. The van der Waals surface area contributed by atoms with E-state index in [2.05, 4.69) is 41.8 Å². The summed E-state index contributed by atoms with van der Waals surface area (Å²) in [5.74, 6) is 0.796. The van der Waals surface area contributed by atoms with Crippen LogP contribution in [0.15, 0.2) is 48.5 Å². The Morgan fingerprint density at radius 3 is 2.56 bits per heavy atom. The minimum atomic E-state index is -0.344. The molecular formula is C26H31FN4O. The maximum Gasteiger partial charge on any atom is 0.251 e. The summed E-state index contributed by atoms with van der Waals surface area (Å²) < 4.78 is 13.7. The monoisotopic (exact) mass is 434 g/mol. The SMILES string of the molecule is Cc1ccc(C(=O)NCC2CCC(Nc3cc(N(C)C)c4ccccc4n3)CC2)cc1F. The summed E-state index contributed by atoms with van der Waals surface area (Å²) in [5, 5.41) is 7.75. The Kier molecular flexibility index (Phi) is 6.58. The van der Waals surface area contributed by atoms with Crippen molar-refractivity contribution in [3.63, 3.8) is 0 Å². The molecule has 5 nitrogen and oxygen atoms in total. The smallest absolute Gasteiger partial charge is 0.251 e. The van der Waals surface area contributed by atoms with E-state index in [1.54, 1.807) is 19.1 Å². The number of fused-ring (bicyclic) bond motifs is 1. The van der Waals surface area contributed by atoms with Gasteiger partial charge in [-0.1, -0.05) is 24.3 Å². The second-order valence-electron chi connectivity index (χ2n) is 8.97. The van der Waals surface area contributed by atoms with E-state index in [0.29, 0.717) is 29.6 Å². The Balaban J connectivity index is 1.31. The van der Waals surface area contributed by atoms with E-state index >= 15 is 0 Å². The van der Waals surface area contributed by atoms with Gasteiger partial charge in [0.05, 0.1) is 5.52 Å². The molecule has 3 aromatic rings. The highest BCUT2D eigenvalue weighted by Gasteiger charge is 2.22. The number of halogens is 1. The van der Waals surface area contributed by atoms with Gasteiger partial charge in [-0.05, 0) is 62.3 Å². The number of aryl methyl sites for hydroxylation is 1. The van der Waals surface area contributed by atoms with E-state index in [0.717, 1.165) is 48.1 Å². The lowest BCUT2D eigenvalue weighted by Crippen LogP contribution is -2.34. The summed E-state index contributed by atoms with van der Waals surface area (Å²) in [4.78, 5) is 19.3. The first kappa shape index (κ1) is 22.1. The highest BCUT2D eigenvalue weighted by molar-refractivity contribution is 5.94. The molecule has 0 saturated heterocycles. The molecule has 0 spiro atoms. The number of amides is 1. The van der Waals surface area contributed by atoms with E-state index in [-0.39, 0.29) is 11.7 Å². The van der Waals surface area contributed by atoms with Crippen molar-refractivity contribution in [3.05, 3.63) is 65.5 Å². The third-order valence-corrected chi connectivity index (χ3v) is 6.36. The van der Waals surface area contributed by atoms with Crippen molar-refractivity contribution in [1.29, 1.82) is 0 Å². The summed E-state index contributed by atoms with van der Waals surface area (Å²) in [6.07, 6.45) is 4.14. The number of nitrogens with zero attached hydrogens (tertiary/aromatic N) is 2. The average Bonchev–Trinajstić information content (AvgIpc) is 2.79. The van der Waals surface area contributed by atoms with E-state index < -0.39 is 0 Å². The van der Waals surface area contributed by atoms with Crippen LogP contribution in [0.25, 0.3) is 10.9 Å². The molecule has 1 fully saturated rings. The van der Waals surface area contributed by atoms with Crippen molar-refractivity contribution in [2.75, 3.05) is 30.9 Å². The van der Waals surface area contributed by atoms with E-state index in [1.807, 2.05) is 18.2 Å². The second-order valence-corrected chi connectivity index (χ2v) is 8.97. The fourth-order valence-electron chi connectivity index (χ4n) is 4.39. The standard InChI is InChI=1S/C26H31FN4O/c1-17-8-11-19(14-22(17)27)26(32)28-16-18-9-12-20(13-10-18)29-25-15-24(31(2)3)21-6-4-5-7-23(21)30-25/h4-8,11,14-15,18,20H,9-10,12-13,16H2,1-3H3,(H,28,32)(H,29,30). The second kappa shape index (κ2) is 9.55. The van der Waals surface area contributed by atoms with Crippen LogP contribution in [0.3, 0.4) is 0 Å². The van der Waals surface area contributed by atoms with Crippen LogP contribution >= 0.6 is 0 Å². The number of benzene rings is 2. The van der Waals surface area contributed by atoms with Crippen molar-refractivity contribution in [2.24, 2.45) is 5.92 Å². The first-order chi connectivity index (χ1) is 15.4. The van der Waals surface area contributed by atoms with Gasteiger partial charge in [-0.3, -0.25) is 4.79 Å². The zero-order chi connectivity index (χ0) is 22.7. The molecule has 1 aromatic heterocycles. The number of rotatable bonds is 6. The van der Waals surface area contributed by atoms with Crippen LogP contribution in [0, 0.1) is 18.7 Å². The molecule has 1 aliphatic rings. The van der Waals surface area contributed by atoms with Crippen molar-refractivity contribution in [1.82, 2.24) is 10.3 Å². The summed E-state index contributed by atoms with van der Waals surface area (Å²) >= 11 is 0. The van der Waals surface area contributed by atoms with Gasteiger partial charge in [-0.15, -0.1) is 0 Å². The first-order valence-electron chi connectivity index (χ1n) is 11.3. The fraction of sp³-hybridized carbons (Fsp3) is 0.385. The summed E-state index contributed by atoms with van der Waals surface area (Å²) in [6.45, 7) is 2.32. The number of hydrogen-bond donors (Lipinski definition) is 2. The normalized spacial score (nSPS) is 18.4. The van der Waals surface area contributed by atoms with Crippen LogP contribution in [-0.2, 0) is 0 Å². The molecule has 32 heavy (non-hydrogen) atoms. The highest BCUT2D eigenvalue weighted by Crippen LogP contribution is 2.30. The Morgan fingerprint density at radius 2 is 1.84 bits per heavy atom. The predicted octanol–water partition coefficient (Wildman–Crippen LogP) is 5.15. The number of carbonyl (C=O) groups excluding carboxylic acids is 1. The third kappa shape index (κ3) is 5.01. The minimum absolute atomic E-state index is 0.208. The Morgan fingerprint density at radius 1 is 1.09 bits per heavy atom. The van der Waals surface area contributed by atoms with Crippen molar-refractivity contribution in [2.45, 2.75) is 38.6 Å². The lowest BCUT2D eigenvalue weighted by atomic mass is 9.86. The van der Waals surface area contributed by atoms with Crippen LogP contribution in [0.1, 0.15) is 41.6 Å². The molecule has 1 saturated carbocycles. The van der Waals surface area contributed by atoms with Gasteiger partial charge < -0.3 is 15.5 Å². The molecular weight excluding hydrogens is 403 g/mol. The molecule has 1 aliphatic carbocycles. The molecule has 168 valence electrons. The number of para-hydroxylation sites is 1. The number of pyridine rings is 1. The Labute approximate surface area is 189 Å². The molecule has 1 amide bonds. The molecule has 2 N–H and O–H groups in total. The molecule has 0 radical (unpaired) electrons. The van der Waals surface area contributed by atoms with Gasteiger partial charge >= 0.3 is 0 Å². The topological polar surface area (TPSA) is 57.3 Å². The number of carbonyl (C=O) groups is 1. The van der Waals surface area contributed by atoms with Gasteiger partial charge in [-0.25, -0.2) is 9.37 Å². The van der Waals surface area contributed by atoms with Crippen LogP contribution in [0.2, 0.25) is 0 Å². The van der Waals surface area contributed by atoms with Gasteiger partial charge in [0.15, 0.2) is 0 Å². The first-order valence-corrected chi connectivity index (χ1v) is 11.3. The summed E-state index contributed by atoms with van der Waals surface area (Å²) in [6, 6.07) is 15.3. The number of anilines is 2. The predicted molar refractivity (Wildman–Crippen MR) is 129 cm³/mol. The van der Waals surface area contributed by atoms with Gasteiger partial charge in [0.1, 0.15) is 11.6 Å². The Hall–Kier alpha value is -3.15. The largest absolute Gasteiger partial charge is 0.377 e. The quantitative estimate of drug-likeness (QED) is 0.563. The van der Waals surface area contributed by atoms with Gasteiger partial charge in [0, 0.05) is 49.4 Å². The van der Waals surface area contributed by atoms with E-state index in [1.165, 1.54) is 6.07 Å². The molecule has 2 aromatic carbocycles. The lowest BCUT2D eigenvalue weighted by Gasteiger charge is -2.30. The Bertz CT molecular complexity index is 1110. The zero-order valence-electron chi connectivity index (χ0n) is 19.0. The van der Waals surface area contributed by atoms with Gasteiger partial charge in [0.25, 0.3) is 5.91 Å². The molecule has 4 rings (SSSR count). The molecule has 0 atom stereocenters. The van der Waals surface area contributed by atoms with E-state index in [4.69, 9.17) is 4.98 Å². The number of nitrogens with one attached hydrogen (secondary N) is 2. The number of aromatic nitrogens is 1. The average molecular weight is 435 g/mol. The molecule has 1 heterocycles. The van der Waals surface area contributed by atoms with Crippen molar-refractivity contribution < 1.29 is 9.18 Å². The zero-order valence-corrected chi connectivity index (χ0v) is 19.0. The van der Waals surface area contributed by atoms with Gasteiger partial charge in [0.2, 0.25) is 0 Å². The van der Waals surface area contributed by atoms with Crippen molar-refractivity contribution >= 4 is 28.3 Å². The lowest BCUT2D eigenvalue weighted by molar-refractivity contribution is 0.0943. The summed E-state index contributed by atoms with van der Waals surface area (Å²) in [7, 11) is 4.10. The molecule has 0 aliphatic heterocycles. The van der Waals surface area contributed by atoms with Crippen LogP contribution < -0.4 is 15.5 Å². The minimum Gasteiger partial charge on any atom is -0.377 e. The van der Waals surface area contributed by atoms with Crippen LogP contribution in [-0.4, -0.2) is 37.6 Å².